The zero-order valence-corrected chi connectivity index (χ0v) is 16.8. The van der Waals surface area contributed by atoms with Gasteiger partial charge in [-0.3, -0.25) is 0 Å². The zero-order chi connectivity index (χ0) is 17.5. The lowest BCUT2D eigenvalue weighted by atomic mass is 10.2. The minimum absolute atomic E-state index is 0.0972. The fraction of sp³-hybridized carbons (Fsp3) is 0.562. The Kier molecular flexibility index (Phi) is 4.92. The molecule has 2 aromatic rings. The maximum absolute atomic E-state index is 12.4. The molecule has 2 aromatic heterocycles. The number of carbonyl (C=O) groups excluding carboxylic acids is 1. The molecule has 0 saturated carbocycles. The van der Waals surface area contributed by atoms with Crippen molar-refractivity contribution in [2.75, 3.05) is 6.54 Å². The molecule has 130 valence electrons. The summed E-state index contributed by atoms with van der Waals surface area (Å²) >= 11 is 8.43. The topological polar surface area (TPSA) is 60.2 Å². The Bertz CT molecular complexity index is 771. The average molecular weight is 463 g/mol. The van der Waals surface area contributed by atoms with E-state index in [1.54, 1.807) is 0 Å². The Morgan fingerprint density at radius 1 is 1.46 bits per heavy atom. The largest absolute Gasteiger partial charge is 0.444 e. The third kappa shape index (κ3) is 3.61. The molecule has 1 unspecified atom stereocenters. The number of ether oxygens (including phenoxy) is 1. The van der Waals surface area contributed by atoms with Gasteiger partial charge in [0.1, 0.15) is 22.7 Å². The zero-order valence-electron chi connectivity index (χ0n) is 13.9. The standard InChI is InChI=1S/C16H20ClIN4O2/c1-16(2,3)24-15(23)22-6-4-5-10(22)7-21-8-11(18)12-13(17)19-9-20-14(12)21/h8-10H,4-7H2,1-3H3. The van der Waals surface area contributed by atoms with Gasteiger partial charge in [0.2, 0.25) is 0 Å². The van der Waals surface area contributed by atoms with E-state index in [0.29, 0.717) is 11.7 Å². The normalized spacial score (nSPS) is 18.4. The van der Waals surface area contributed by atoms with Crippen molar-refractivity contribution in [3.05, 3.63) is 21.2 Å². The molecule has 1 atom stereocenters. The number of carbonyl (C=O) groups is 1. The second-order valence-corrected chi connectivity index (χ2v) is 8.48. The van der Waals surface area contributed by atoms with Crippen LogP contribution in [0.5, 0.6) is 0 Å². The van der Waals surface area contributed by atoms with Gasteiger partial charge in [-0.05, 0) is 56.2 Å². The minimum atomic E-state index is -0.486. The quantitative estimate of drug-likeness (QED) is 0.498. The fourth-order valence-corrected chi connectivity index (χ4v) is 4.22. The second kappa shape index (κ2) is 6.67. The van der Waals surface area contributed by atoms with Crippen LogP contribution in [-0.4, -0.2) is 43.7 Å². The average Bonchev–Trinajstić information content (AvgIpc) is 3.04. The van der Waals surface area contributed by atoms with Crippen molar-refractivity contribution in [1.29, 1.82) is 0 Å². The van der Waals surface area contributed by atoms with E-state index in [4.69, 9.17) is 16.3 Å². The van der Waals surface area contributed by atoms with E-state index in [2.05, 4.69) is 37.1 Å². The predicted octanol–water partition coefficient (Wildman–Crippen LogP) is 4.09. The van der Waals surface area contributed by atoms with Crippen molar-refractivity contribution < 1.29 is 9.53 Å². The number of halogens is 2. The number of amides is 1. The van der Waals surface area contributed by atoms with Crippen molar-refractivity contribution in [2.45, 2.75) is 51.8 Å². The van der Waals surface area contributed by atoms with Gasteiger partial charge >= 0.3 is 6.09 Å². The first-order valence-corrected chi connectivity index (χ1v) is 9.36. The van der Waals surface area contributed by atoms with Gasteiger partial charge in [-0.2, -0.15) is 0 Å². The summed E-state index contributed by atoms with van der Waals surface area (Å²) in [5.41, 5.74) is 0.316. The highest BCUT2D eigenvalue weighted by molar-refractivity contribution is 14.1. The predicted molar refractivity (Wildman–Crippen MR) is 101 cm³/mol. The molecule has 6 nitrogen and oxygen atoms in total. The van der Waals surface area contributed by atoms with Gasteiger partial charge in [0, 0.05) is 22.9 Å². The van der Waals surface area contributed by atoms with E-state index < -0.39 is 5.60 Å². The summed E-state index contributed by atoms with van der Waals surface area (Å²) in [5.74, 6) is 0. The first kappa shape index (κ1) is 17.7. The van der Waals surface area contributed by atoms with Gasteiger partial charge in [-0.15, -0.1) is 0 Å². The van der Waals surface area contributed by atoms with Gasteiger partial charge in [0.15, 0.2) is 0 Å². The first-order valence-electron chi connectivity index (χ1n) is 7.91. The second-order valence-electron chi connectivity index (χ2n) is 6.96. The number of likely N-dealkylation sites (tertiary alicyclic amines) is 1. The summed E-state index contributed by atoms with van der Waals surface area (Å²) in [4.78, 5) is 22.7. The van der Waals surface area contributed by atoms with Crippen LogP contribution in [-0.2, 0) is 11.3 Å². The monoisotopic (exact) mass is 462 g/mol. The molecule has 1 fully saturated rings. The van der Waals surface area contributed by atoms with Gasteiger partial charge < -0.3 is 14.2 Å². The van der Waals surface area contributed by atoms with Crippen LogP contribution in [0.4, 0.5) is 4.79 Å². The van der Waals surface area contributed by atoms with E-state index in [1.807, 2.05) is 31.9 Å². The van der Waals surface area contributed by atoms with Gasteiger partial charge in [0.25, 0.3) is 0 Å². The molecule has 0 aromatic carbocycles. The van der Waals surface area contributed by atoms with Gasteiger partial charge in [-0.1, -0.05) is 11.6 Å². The maximum Gasteiger partial charge on any atom is 0.410 e. The van der Waals surface area contributed by atoms with E-state index in [-0.39, 0.29) is 12.1 Å². The third-order valence-electron chi connectivity index (χ3n) is 3.97. The summed E-state index contributed by atoms with van der Waals surface area (Å²) < 4.78 is 8.59. The van der Waals surface area contributed by atoms with Crippen molar-refractivity contribution in [3.8, 4) is 0 Å². The summed E-state index contributed by atoms with van der Waals surface area (Å²) in [6.07, 6.45) is 5.17. The first-order chi connectivity index (χ1) is 11.3. The fourth-order valence-electron chi connectivity index (χ4n) is 2.99. The number of nitrogens with zero attached hydrogens (tertiary/aromatic N) is 4. The molecule has 8 heteroatoms. The Hall–Kier alpha value is -1.09. The number of aromatic nitrogens is 3. The molecule has 0 N–H and O–H groups in total. The summed E-state index contributed by atoms with van der Waals surface area (Å²) in [6, 6.07) is 0.0972. The van der Waals surface area contributed by atoms with Crippen LogP contribution in [0, 0.1) is 3.57 Å². The van der Waals surface area contributed by atoms with Crippen LogP contribution in [0.1, 0.15) is 33.6 Å². The molecular formula is C16H20ClIN4O2. The van der Waals surface area contributed by atoms with Crippen molar-refractivity contribution in [3.63, 3.8) is 0 Å². The van der Waals surface area contributed by atoms with Crippen molar-refractivity contribution >= 4 is 51.3 Å². The summed E-state index contributed by atoms with van der Waals surface area (Å²) in [6.45, 7) is 7.06. The molecule has 1 amide bonds. The lowest BCUT2D eigenvalue weighted by molar-refractivity contribution is 0.0215. The Labute approximate surface area is 159 Å². The van der Waals surface area contributed by atoms with E-state index in [0.717, 1.165) is 34.0 Å². The van der Waals surface area contributed by atoms with E-state index >= 15 is 0 Å². The lowest BCUT2D eigenvalue weighted by Gasteiger charge is -2.28. The van der Waals surface area contributed by atoms with Crippen molar-refractivity contribution in [2.24, 2.45) is 0 Å². The van der Waals surface area contributed by atoms with E-state index in [1.165, 1.54) is 6.33 Å². The lowest BCUT2D eigenvalue weighted by Crippen LogP contribution is -2.41. The number of rotatable bonds is 2. The molecule has 0 spiro atoms. The van der Waals surface area contributed by atoms with Crippen molar-refractivity contribution in [1.82, 2.24) is 19.4 Å². The molecule has 3 rings (SSSR count). The number of hydrogen-bond donors (Lipinski definition) is 0. The Morgan fingerprint density at radius 2 is 2.21 bits per heavy atom. The third-order valence-corrected chi connectivity index (χ3v) is 5.08. The molecule has 1 aliphatic rings. The molecular weight excluding hydrogens is 443 g/mol. The number of hydrogen-bond acceptors (Lipinski definition) is 4. The molecule has 0 aliphatic carbocycles. The van der Waals surface area contributed by atoms with Crippen LogP contribution in [0.15, 0.2) is 12.5 Å². The Balaban J connectivity index is 1.83. The number of fused-ring (bicyclic) bond motifs is 1. The van der Waals surface area contributed by atoms with Crippen LogP contribution in [0.25, 0.3) is 11.0 Å². The highest BCUT2D eigenvalue weighted by Crippen LogP contribution is 2.29. The van der Waals surface area contributed by atoms with Gasteiger partial charge in [0.05, 0.1) is 11.4 Å². The molecule has 3 heterocycles. The van der Waals surface area contributed by atoms with Crippen LogP contribution >= 0.6 is 34.2 Å². The van der Waals surface area contributed by atoms with Crippen LogP contribution < -0.4 is 0 Å². The highest BCUT2D eigenvalue weighted by atomic mass is 127. The van der Waals surface area contributed by atoms with Crippen LogP contribution in [0.3, 0.4) is 0 Å². The molecule has 0 bridgehead atoms. The minimum Gasteiger partial charge on any atom is -0.444 e. The molecule has 1 aliphatic heterocycles. The van der Waals surface area contributed by atoms with Crippen LogP contribution in [0.2, 0.25) is 5.15 Å². The SMILES string of the molecule is CC(C)(C)OC(=O)N1CCCC1Cn1cc(I)c2c(Cl)ncnc21. The maximum atomic E-state index is 12.4. The summed E-state index contributed by atoms with van der Waals surface area (Å²) in [7, 11) is 0. The molecule has 0 radical (unpaired) electrons. The van der Waals surface area contributed by atoms with Gasteiger partial charge in [-0.25, -0.2) is 14.8 Å². The molecule has 1 saturated heterocycles. The summed E-state index contributed by atoms with van der Waals surface area (Å²) in [5, 5.41) is 1.32. The van der Waals surface area contributed by atoms with E-state index in [9.17, 15) is 4.79 Å². The Morgan fingerprint density at radius 3 is 2.92 bits per heavy atom. The molecule has 24 heavy (non-hydrogen) atoms. The smallest absolute Gasteiger partial charge is 0.410 e. The highest BCUT2D eigenvalue weighted by Gasteiger charge is 2.32.